The van der Waals surface area contributed by atoms with Crippen molar-refractivity contribution in [2.75, 3.05) is 7.11 Å². The number of benzene rings is 2. The van der Waals surface area contributed by atoms with E-state index in [0.717, 1.165) is 11.3 Å². The fourth-order valence-electron chi connectivity index (χ4n) is 3.76. The quantitative estimate of drug-likeness (QED) is 0.279. The number of nitrogens with zero attached hydrogens (tertiary/aromatic N) is 2. The maximum Gasteiger partial charge on any atom is 0.485 e. The van der Waals surface area contributed by atoms with E-state index >= 15 is 0 Å². The number of alkyl halides is 3. The summed E-state index contributed by atoms with van der Waals surface area (Å²) in [6.45, 7) is 2.07. The molecule has 3 aromatic rings. The van der Waals surface area contributed by atoms with Gasteiger partial charge >= 0.3 is 11.4 Å². The lowest BCUT2D eigenvalue weighted by Gasteiger charge is -2.34. The van der Waals surface area contributed by atoms with E-state index in [-0.39, 0.29) is 11.4 Å². The van der Waals surface area contributed by atoms with E-state index in [4.69, 9.17) is 22.1 Å². The van der Waals surface area contributed by atoms with Crippen LogP contribution in [0.15, 0.2) is 70.0 Å². The van der Waals surface area contributed by atoms with Gasteiger partial charge in [0, 0.05) is 7.11 Å². The lowest BCUT2D eigenvalue weighted by atomic mass is 10.0. The summed E-state index contributed by atoms with van der Waals surface area (Å²) < 4.78 is 101. The smallest absolute Gasteiger partial charge is 0.485 e. The highest BCUT2D eigenvalue weighted by Crippen LogP contribution is 2.38. The summed E-state index contributed by atoms with van der Waals surface area (Å²) in [7, 11) is -6.29. The summed E-state index contributed by atoms with van der Waals surface area (Å²) in [4.78, 5) is 0.273. The van der Waals surface area contributed by atoms with Crippen molar-refractivity contribution in [2.45, 2.75) is 36.0 Å². The summed E-state index contributed by atoms with van der Waals surface area (Å²) in [6.07, 6.45) is -0.495. The summed E-state index contributed by atoms with van der Waals surface area (Å²) >= 11 is 0. The first-order valence-electron chi connectivity index (χ1n) is 10.4. The second-order valence-electron chi connectivity index (χ2n) is 7.80. The number of oxazole rings is 1. The third-order valence-electron chi connectivity index (χ3n) is 5.56. The Kier molecular flexibility index (Phi) is 7.95. The van der Waals surface area contributed by atoms with E-state index in [1.807, 2.05) is 48.9 Å². The average Bonchev–Trinajstić information content (AvgIpc) is 3.15. The van der Waals surface area contributed by atoms with E-state index in [2.05, 4.69) is 0 Å². The first-order valence-corrected chi connectivity index (χ1v) is 13.2. The number of fused-ring (bicyclic) bond motifs is 1. The zero-order valence-electron chi connectivity index (χ0n) is 19.3. The molecule has 14 heteroatoms. The van der Waals surface area contributed by atoms with E-state index in [0.29, 0.717) is 11.7 Å². The molecule has 9 nitrogen and oxygen atoms in total. The van der Waals surface area contributed by atoms with Crippen LogP contribution in [0.4, 0.5) is 13.2 Å². The lowest BCUT2D eigenvalue weighted by molar-refractivity contribution is -0.671. The van der Waals surface area contributed by atoms with Crippen LogP contribution in [-0.4, -0.2) is 44.4 Å². The minimum atomic E-state index is -6.09. The molecule has 0 amide bonds. The van der Waals surface area contributed by atoms with Crippen LogP contribution < -0.4 is 4.57 Å². The van der Waals surface area contributed by atoms with Crippen LogP contribution in [0.2, 0.25) is 0 Å². The van der Waals surface area contributed by atoms with Crippen molar-refractivity contribution in [1.29, 1.82) is 0 Å². The van der Waals surface area contributed by atoms with Crippen LogP contribution >= 0.6 is 0 Å². The average molecular weight is 549 g/mol. The second-order valence-corrected chi connectivity index (χ2v) is 11.1. The van der Waals surface area contributed by atoms with Crippen molar-refractivity contribution >= 4 is 20.1 Å². The molecule has 2 heterocycles. The maximum absolute atomic E-state index is 13.3. The number of hydrogen-bond donors (Lipinski definition) is 0. The fourth-order valence-corrected chi connectivity index (χ4v) is 5.37. The number of aromatic nitrogens is 1. The molecule has 0 saturated heterocycles. The Morgan fingerprint density at radius 1 is 1.03 bits per heavy atom. The highest BCUT2D eigenvalue weighted by Gasteiger charge is 2.47. The standard InChI is InChI=1S/C21H23N2O4S.CHF3O3S/c1-15-19(26-3)20-18(22(2)21(27-20)16-10-6-4-7-11-16)14-23(15)28(24,25)17-12-8-5-9-13-17;2-1(3,4)8(5,6)7/h4-13,15,19H,14H2,1-3H3;(H,5,6,7)/q+1;/p-1/t15-,19+;/m0./s1. The van der Waals surface area contributed by atoms with E-state index in [1.165, 1.54) is 4.31 Å². The molecule has 1 aliphatic rings. The predicted molar refractivity (Wildman–Crippen MR) is 119 cm³/mol. The zero-order chi connectivity index (χ0) is 26.9. The Bertz CT molecular complexity index is 1410. The zero-order valence-corrected chi connectivity index (χ0v) is 21.0. The van der Waals surface area contributed by atoms with Gasteiger partial charge in [0.2, 0.25) is 21.5 Å². The number of ether oxygens (including phenoxy) is 1. The first kappa shape index (κ1) is 27.8. The summed E-state index contributed by atoms with van der Waals surface area (Å²) in [5.74, 6) is 1.36. The van der Waals surface area contributed by atoms with Crippen molar-refractivity contribution in [3.05, 3.63) is 72.1 Å². The van der Waals surface area contributed by atoms with Gasteiger partial charge < -0.3 is 13.7 Å². The first-order chi connectivity index (χ1) is 16.7. The van der Waals surface area contributed by atoms with Crippen LogP contribution in [0.5, 0.6) is 0 Å². The number of sulfonamides is 1. The Morgan fingerprint density at radius 3 is 2.00 bits per heavy atom. The largest absolute Gasteiger partial charge is 0.741 e. The van der Waals surface area contributed by atoms with Gasteiger partial charge in [-0.25, -0.2) is 16.8 Å². The molecular weight excluding hydrogens is 525 g/mol. The van der Waals surface area contributed by atoms with Gasteiger partial charge in [-0.2, -0.15) is 22.0 Å². The molecule has 0 N–H and O–H groups in total. The molecule has 1 aromatic heterocycles. The van der Waals surface area contributed by atoms with E-state index < -0.39 is 37.8 Å². The van der Waals surface area contributed by atoms with Gasteiger partial charge in [-0.15, -0.1) is 0 Å². The Morgan fingerprint density at radius 2 is 1.53 bits per heavy atom. The highest BCUT2D eigenvalue weighted by atomic mass is 32.2. The molecule has 4 rings (SSSR count). The maximum atomic E-state index is 13.3. The Hall–Kier alpha value is -2.78. The SMILES string of the molecule is CO[C@H]1c2oc(-c3ccccc3)[n+](C)c2CN(S(=O)(=O)c2ccccc2)[C@H]1C.O=S(=O)([O-])C(F)(F)F. The van der Waals surface area contributed by atoms with Crippen molar-refractivity contribution in [2.24, 2.45) is 7.05 Å². The minimum absolute atomic E-state index is 0.223. The van der Waals surface area contributed by atoms with Gasteiger partial charge in [-0.05, 0) is 31.2 Å². The predicted octanol–water partition coefficient (Wildman–Crippen LogP) is 3.10. The van der Waals surface area contributed by atoms with Crippen LogP contribution in [0.3, 0.4) is 0 Å². The Balaban J connectivity index is 0.000000392. The van der Waals surface area contributed by atoms with E-state index in [1.54, 1.807) is 37.4 Å². The van der Waals surface area contributed by atoms with Crippen LogP contribution in [-0.2, 0) is 38.5 Å². The molecule has 0 fully saturated rings. The van der Waals surface area contributed by atoms with Crippen LogP contribution in [0.25, 0.3) is 11.5 Å². The molecule has 196 valence electrons. The molecule has 0 saturated carbocycles. The van der Waals surface area contributed by atoms with Gasteiger partial charge in [-0.3, -0.25) is 0 Å². The van der Waals surface area contributed by atoms with Crippen molar-refractivity contribution < 1.29 is 48.3 Å². The highest BCUT2D eigenvalue weighted by molar-refractivity contribution is 7.89. The minimum Gasteiger partial charge on any atom is -0.741 e. The molecule has 1 aliphatic heterocycles. The molecular formula is C22H23F3N2O7S2. The fraction of sp³-hybridized carbons (Fsp3) is 0.318. The molecule has 0 spiro atoms. The van der Waals surface area contributed by atoms with E-state index in [9.17, 15) is 21.6 Å². The molecule has 0 bridgehead atoms. The summed E-state index contributed by atoms with van der Waals surface area (Å²) in [5, 5.41) is 0. The monoisotopic (exact) mass is 548 g/mol. The third kappa shape index (κ3) is 5.47. The summed E-state index contributed by atoms with van der Waals surface area (Å²) in [5.41, 5.74) is -3.92. The molecule has 2 atom stereocenters. The lowest BCUT2D eigenvalue weighted by Crippen LogP contribution is -2.49. The number of rotatable bonds is 4. The topological polar surface area (TPSA) is 121 Å². The van der Waals surface area contributed by atoms with Crippen molar-refractivity contribution in [3.63, 3.8) is 0 Å². The van der Waals surface area contributed by atoms with Gasteiger partial charge in [0.15, 0.2) is 10.1 Å². The van der Waals surface area contributed by atoms with Crippen molar-refractivity contribution in [1.82, 2.24) is 4.31 Å². The number of halogens is 3. The van der Waals surface area contributed by atoms with Crippen molar-refractivity contribution in [3.8, 4) is 11.5 Å². The molecule has 36 heavy (non-hydrogen) atoms. The van der Waals surface area contributed by atoms with Crippen LogP contribution in [0, 0.1) is 0 Å². The number of hydrogen-bond acceptors (Lipinski definition) is 7. The van der Waals surface area contributed by atoms with Gasteiger partial charge in [0.25, 0.3) is 0 Å². The van der Waals surface area contributed by atoms with Gasteiger partial charge in [0.1, 0.15) is 19.7 Å². The van der Waals surface area contributed by atoms with Crippen LogP contribution in [0.1, 0.15) is 24.5 Å². The molecule has 0 aliphatic carbocycles. The van der Waals surface area contributed by atoms with Gasteiger partial charge in [0.05, 0.1) is 16.5 Å². The number of methoxy groups -OCH3 is 1. The normalized spacial score (nSPS) is 18.8. The Labute approximate surface area is 206 Å². The molecule has 0 unspecified atom stereocenters. The third-order valence-corrected chi connectivity index (χ3v) is 8.08. The molecule has 2 aromatic carbocycles. The summed E-state index contributed by atoms with van der Waals surface area (Å²) in [6, 6.07) is 17.8. The second kappa shape index (κ2) is 10.3. The van der Waals surface area contributed by atoms with Gasteiger partial charge in [-0.1, -0.05) is 36.4 Å². The molecule has 0 radical (unpaired) electrons.